The highest BCUT2D eigenvalue weighted by atomic mass is 32.1. The summed E-state index contributed by atoms with van der Waals surface area (Å²) in [6, 6.07) is 73.6. The molecule has 0 saturated carbocycles. The third-order valence-electron chi connectivity index (χ3n) is 10.9. The monoisotopic (exact) mass is 735 g/mol. The molecule has 11 rings (SSSR count). The largest absolute Gasteiger partial charge is 0.309 e. The average molecular weight is 736 g/mol. The second-order valence-electron chi connectivity index (χ2n) is 14.0. The van der Waals surface area contributed by atoms with E-state index in [0.717, 1.165) is 11.4 Å². The average Bonchev–Trinajstić information content (AvgIpc) is 3.83. The molecule has 1 nitrogen and oxygen atoms in total. The Kier molecular flexibility index (Phi) is 7.61. The summed E-state index contributed by atoms with van der Waals surface area (Å²) in [5.74, 6) is 0. The van der Waals surface area contributed by atoms with Gasteiger partial charge in [-0.2, -0.15) is 0 Å². The number of para-hydroxylation sites is 2. The molecule has 11 aromatic rings. The SMILES string of the molecule is c1ccc(-c2cccc3ccccc23)c(-c2ccccc2N(c2ccccc2-c2ccc3sc4ccccc4c3c2)c2cccc3sc4ccccc4c23)c1. The predicted molar refractivity (Wildman–Crippen MR) is 241 cm³/mol. The third-order valence-corrected chi connectivity index (χ3v) is 13.2. The second-order valence-corrected chi connectivity index (χ2v) is 16.2. The van der Waals surface area contributed by atoms with Crippen LogP contribution in [0.15, 0.2) is 200 Å². The number of nitrogens with zero attached hydrogens (tertiary/aromatic N) is 1. The molecule has 3 heteroatoms. The molecule has 0 aliphatic rings. The molecule has 0 fully saturated rings. The zero-order valence-corrected chi connectivity index (χ0v) is 31.4. The molecule has 0 bridgehead atoms. The number of rotatable bonds is 6. The van der Waals surface area contributed by atoms with Gasteiger partial charge in [-0.3, -0.25) is 0 Å². The van der Waals surface area contributed by atoms with Crippen LogP contribution in [0.5, 0.6) is 0 Å². The van der Waals surface area contributed by atoms with E-state index in [1.807, 2.05) is 22.7 Å². The van der Waals surface area contributed by atoms with Gasteiger partial charge in [-0.1, -0.05) is 152 Å². The molecule has 0 saturated heterocycles. The smallest absolute Gasteiger partial charge is 0.0555 e. The van der Waals surface area contributed by atoms with E-state index in [-0.39, 0.29) is 0 Å². The highest BCUT2D eigenvalue weighted by Gasteiger charge is 2.25. The molecule has 0 N–H and O–H groups in total. The Morgan fingerprint density at radius 1 is 0.291 bits per heavy atom. The van der Waals surface area contributed by atoms with Crippen LogP contribution in [0.2, 0.25) is 0 Å². The summed E-state index contributed by atoms with van der Waals surface area (Å²) in [6.45, 7) is 0. The lowest BCUT2D eigenvalue weighted by Gasteiger charge is -2.31. The Labute approximate surface area is 327 Å². The Bertz CT molecular complexity index is 3230. The fourth-order valence-corrected chi connectivity index (χ4v) is 10.7. The van der Waals surface area contributed by atoms with Crippen LogP contribution in [0.25, 0.3) is 84.5 Å². The minimum Gasteiger partial charge on any atom is -0.309 e. The molecule has 2 aromatic heterocycles. The molecule has 0 amide bonds. The topological polar surface area (TPSA) is 3.24 Å². The van der Waals surface area contributed by atoms with Crippen LogP contribution in [-0.2, 0) is 0 Å². The van der Waals surface area contributed by atoms with Crippen molar-refractivity contribution in [3.8, 4) is 33.4 Å². The van der Waals surface area contributed by atoms with Gasteiger partial charge in [0.1, 0.15) is 0 Å². The lowest BCUT2D eigenvalue weighted by molar-refractivity contribution is 1.30. The Morgan fingerprint density at radius 3 is 1.60 bits per heavy atom. The van der Waals surface area contributed by atoms with Gasteiger partial charge in [0, 0.05) is 51.5 Å². The Hall–Kier alpha value is -6.52. The fourth-order valence-electron chi connectivity index (χ4n) is 8.45. The minimum atomic E-state index is 1.13. The van der Waals surface area contributed by atoms with Crippen molar-refractivity contribution >= 4 is 90.9 Å². The maximum atomic E-state index is 2.53. The second kappa shape index (κ2) is 13.1. The Balaban J connectivity index is 1.20. The molecular weight excluding hydrogens is 703 g/mol. The van der Waals surface area contributed by atoms with Crippen LogP contribution < -0.4 is 4.90 Å². The number of fused-ring (bicyclic) bond motifs is 7. The van der Waals surface area contributed by atoms with Gasteiger partial charge in [-0.15, -0.1) is 22.7 Å². The van der Waals surface area contributed by atoms with Gasteiger partial charge >= 0.3 is 0 Å². The number of hydrogen-bond acceptors (Lipinski definition) is 3. The molecule has 0 unspecified atom stereocenters. The number of hydrogen-bond donors (Lipinski definition) is 0. The predicted octanol–water partition coefficient (Wildman–Crippen LogP) is 16.0. The zero-order chi connectivity index (χ0) is 36.3. The van der Waals surface area contributed by atoms with Gasteiger partial charge in [0.15, 0.2) is 0 Å². The quantitative estimate of drug-likeness (QED) is 0.164. The summed E-state index contributed by atoms with van der Waals surface area (Å²) < 4.78 is 5.20. The van der Waals surface area contributed by atoms with Crippen LogP contribution in [-0.4, -0.2) is 0 Å². The normalized spacial score (nSPS) is 11.6. The van der Waals surface area contributed by atoms with E-state index < -0.39 is 0 Å². The molecule has 55 heavy (non-hydrogen) atoms. The van der Waals surface area contributed by atoms with Crippen molar-refractivity contribution in [3.63, 3.8) is 0 Å². The summed E-state index contributed by atoms with van der Waals surface area (Å²) in [7, 11) is 0. The highest BCUT2D eigenvalue weighted by molar-refractivity contribution is 7.26. The van der Waals surface area contributed by atoms with Crippen LogP contribution in [0.1, 0.15) is 0 Å². The summed E-state index contributed by atoms with van der Waals surface area (Å²) in [4.78, 5) is 2.53. The van der Waals surface area contributed by atoms with Crippen LogP contribution in [0.3, 0.4) is 0 Å². The first kappa shape index (κ1) is 32.0. The molecule has 258 valence electrons. The standard InChI is InChI=1S/C52H33NS2/c1-2-17-36-34(15-1)16-13-24-38(36)39-19-3-4-20-40(39)41-21-6-10-26-46(41)53(47-27-14-30-51-52(47)43-23-8-12-29-49(43)55-51)45-25-9-5-18-37(45)35-31-32-50-44(33-35)42-22-7-11-28-48(42)54-50/h1-33H. The highest BCUT2D eigenvalue weighted by Crippen LogP contribution is 2.51. The summed E-state index contributed by atoms with van der Waals surface area (Å²) in [5.41, 5.74) is 10.7. The van der Waals surface area contributed by atoms with Gasteiger partial charge in [0.25, 0.3) is 0 Å². The lowest BCUT2D eigenvalue weighted by atomic mass is 9.90. The molecule has 2 heterocycles. The van der Waals surface area contributed by atoms with E-state index in [4.69, 9.17) is 0 Å². The van der Waals surface area contributed by atoms with Crippen LogP contribution >= 0.6 is 22.7 Å². The molecule has 0 aliphatic carbocycles. The van der Waals surface area contributed by atoms with E-state index >= 15 is 0 Å². The van der Waals surface area contributed by atoms with Gasteiger partial charge in [-0.25, -0.2) is 0 Å². The number of benzene rings is 9. The van der Waals surface area contributed by atoms with Crippen molar-refractivity contribution in [1.29, 1.82) is 0 Å². The van der Waals surface area contributed by atoms with Crippen molar-refractivity contribution in [2.45, 2.75) is 0 Å². The molecule has 0 radical (unpaired) electrons. The first-order valence-corrected chi connectivity index (χ1v) is 20.3. The van der Waals surface area contributed by atoms with Crippen LogP contribution in [0.4, 0.5) is 17.1 Å². The van der Waals surface area contributed by atoms with E-state index in [9.17, 15) is 0 Å². The van der Waals surface area contributed by atoms with Crippen molar-refractivity contribution in [3.05, 3.63) is 200 Å². The lowest BCUT2D eigenvalue weighted by Crippen LogP contribution is -2.13. The zero-order valence-electron chi connectivity index (χ0n) is 29.8. The number of thiophene rings is 2. The van der Waals surface area contributed by atoms with Crippen molar-refractivity contribution in [1.82, 2.24) is 0 Å². The van der Waals surface area contributed by atoms with E-state index in [2.05, 4.69) is 205 Å². The molecular formula is C52H33NS2. The molecule has 9 aromatic carbocycles. The minimum absolute atomic E-state index is 1.13. The van der Waals surface area contributed by atoms with Crippen LogP contribution in [0, 0.1) is 0 Å². The first-order chi connectivity index (χ1) is 27.3. The molecule has 0 spiro atoms. The van der Waals surface area contributed by atoms with E-state index in [1.54, 1.807) is 0 Å². The third kappa shape index (κ3) is 5.27. The number of anilines is 3. The van der Waals surface area contributed by atoms with Gasteiger partial charge in [-0.05, 0) is 81.6 Å². The summed E-state index contributed by atoms with van der Waals surface area (Å²) >= 11 is 3.73. The van der Waals surface area contributed by atoms with Gasteiger partial charge < -0.3 is 4.90 Å². The Morgan fingerprint density at radius 2 is 0.782 bits per heavy atom. The first-order valence-electron chi connectivity index (χ1n) is 18.7. The van der Waals surface area contributed by atoms with Crippen molar-refractivity contribution in [2.24, 2.45) is 0 Å². The molecule has 0 atom stereocenters. The maximum absolute atomic E-state index is 2.53. The van der Waals surface area contributed by atoms with E-state index in [0.29, 0.717) is 0 Å². The van der Waals surface area contributed by atoms with Gasteiger partial charge in [0.2, 0.25) is 0 Å². The maximum Gasteiger partial charge on any atom is 0.0555 e. The fraction of sp³-hybridized carbons (Fsp3) is 0. The molecule has 0 aliphatic heterocycles. The summed E-state index contributed by atoms with van der Waals surface area (Å²) in [5, 5.41) is 7.65. The van der Waals surface area contributed by atoms with Gasteiger partial charge in [0.05, 0.1) is 17.1 Å². The summed E-state index contributed by atoms with van der Waals surface area (Å²) in [6.07, 6.45) is 0. The van der Waals surface area contributed by atoms with Crippen molar-refractivity contribution < 1.29 is 0 Å². The van der Waals surface area contributed by atoms with E-state index in [1.165, 1.54) is 90.2 Å². The van der Waals surface area contributed by atoms with Crippen molar-refractivity contribution in [2.75, 3.05) is 4.90 Å².